The zero-order valence-electron chi connectivity index (χ0n) is 16.1. The van der Waals surface area contributed by atoms with Crippen molar-refractivity contribution in [3.63, 3.8) is 0 Å². The van der Waals surface area contributed by atoms with Crippen molar-refractivity contribution in [3.8, 4) is 0 Å². The number of nitrogens with zero attached hydrogens (tertiary/aromatic N) is 3. The highest BCUT2D eigenvalue weighted by atomic mass is 79.9. The zero-order valence-corrected chi connectivity index (χ0v) is 17.7. The Kier molecular flexibility index (Phi) is 5.79. The van der Waals surface area contributed by atoms with Gasteiger partial charge in [0.25, 0.3) is 5.91 Å². The summed E-state index contributed by atoms with van der Waals surface area (Å²) in [6.45, 7) is 2.02. The molecule has 0 bridgehead atoms. The molecular weight excluding hydrogens is 436 g/mol. The normalized spacial score (nSPS) is 16.9. The number of carbonyl (C=O) groups is 1. The molecule has 9 heteroatoms. The summed E-state index contributed by atoms with van der Waals surface area (Å²) in [7, 11) is 1.60. The fraction of sp³-hybridized carbons (Fsp3) is 0.350. The van der Waals surface area contributed by atoms with Gasteiger partial charge in [-0.05, 0) is 40.9 Å². The highest BCUT2D eigenvalue weighted by Crippen LogP contribution is 2.38. The van der Waals surface area contributed by atoms with E-state index in [0.717, 1.165) is 41.5 Å². The number of rotatable bonds is 5. The number of aromatic nitrogens is 3. The molecule has 0 unspecified atom stereocenters. The molecule has 1 atom stereocenters. The molecule has 152 valence electrons. The van der Waals surface area contributed by atoms with Gasteiger partial charge in [0.1, 0.15) is 11.3 Å². The molecule has 0 radical (unpaired) electrons. The highest BCUT2D eigenvalue weighted by molar-refractivity contribution is 9.10. The van der Waals surface area contributed by atoms with Crippen molar-refractivity contribution >= 4 is 44.2 Å². The Balaban J connectivity index is 1.68. The van der Waals surface area contributed by atoms with Gasteiger partial charge >= 0.3 is 0 Å². The summed E-state index contributed by atoms with van der Waals surface area (Å²) in [6.07, 6.45) is 5.58. The molecule has 0 saturated carbocycles. The minimum absolute atomic E-state index is 0.128. The van der Waals surface area contributed by atoms with Crippen LogP contribution in [0.2, 0.25) is 0 Å². The Morgan fingerprint density at radius 3 is 3.14 bits per heavy atom. The van der Waals surface area contributed by atoms with Crippen LogP contribution in [0.5, 0.6) is 0 Å². The Bertz CT molecular complexity index is 1040. The number of nitrogens with two attached hydrogens (primary N) is 1. The molecule has 0 aliphatic carbocycles. The topological polar surface area (TPSA) is 109 Å². The van der Waals surface area contributed by atoms with Crippen LogP contribution in [-0.2, 0) is 11.3 Å². The van der Waals surface area contributed by atoms with E-state index in [1.54, 1.807) is 31.6 Å². The van der Waals surface area contributed by atoms with Gasteiger partial charge in [0.05, 0.1) is 33.5 Å². The average molecular weight is 459 g/mol. The number of anilines is 2. The van der Waals surface area contributed by atoms with Crippen LogP contribution >= 0.6 is 15.9 Å². The monoisotopic (exact) mass is 458 g/mol. The van der Waals surface area contributed by atoms with E-state index < -0.39 is 0 Å². The molecule has 29 heavy (non-hydrogen) atoms. The van der Waals surface area contributed by atoms with Crippen LogP contribution in [0.4, 0.5) is 11.4 Å². The maximum atomic E-state index is 12.8. The number of H-pyrrole nitrogens is 1. The molecule has 8 nitrogen and oxygen atoms in total. The van der Waals surface area contributed by atoms with Crippen molar-refractivity contribution < 1.29 is 9.53 Å². The lowest BCUT2D eigenvalue weighted by Crippen LogP contribution is -2.43. The minimum Gasteiger partial charge on any atom is -0.378 e. The van der Waals surface area contributed by atoms with E-state index in [0.29, 0.717) is 29.3 Å². The van der Waals surface area contributed by atoms with Crippen LogP contribution in [0.1, 0.15) is 29.0 Å². The molecule has 3 aromatic rings. The molecule has 4 rings (SSSR count). The second-order valence-electron chi connectivity index (χ2n) is 7.13. The van der Waals surface area contributed by atoms with Crippen LogP contribution < -0.4 is 16.0 Å². The molecule has 1 aliphatic heterocycles. The fourth-order valence-electron chi connectivity index (χ4n) is 3.70. The number of ether oxygens (including phenoxy) is 1. The minimum atomic E-state index is -0.287. The van der Waals surface area contributed by atoms with Gasteiger partial charge in [0.15, 0.2) is 0 Å². The van der Waals surface area contributed by atoms with Gasteiger partial charge in [-0.3, -0.25) is 4.79 Å². The lowest BCUT2D eigenvalue weighted by molar-refractivity contribution is 0.102. The molecule has 1 fully saturated rings. The van der Waals surface area contributed by atoms with Gasteiger partial charge in [-0.2, -0.15) is 0 Å². The van der Waals surface area contributed by atoms with E-state index in [2.05, 4.69) is 41.1 Å². The number of aromatic amines is 1. The molecule has 1 aliphatic rings. The van der Waals surface area contributed by atoms with Crippen molar-refractivity contribution in [2.45, 2.75) is 25.5 Å². The predicted octanol–water partition coefficient (Wildman–Crippen LogP) is 3.05. The largest absolute Gasteiger partial charge is 0.378 e. The Morgan fingerprint density at radius 2 is 2.34 bits per heavy atom. The first-order valence-electron chi connectivity index (χ1n) is 9.49. The van der Waals surface area contributed by atoms with Crippen LogP contribution in [-0.4, -0.2) is 47.1 Å². The number of carbonyl (C=O) groups excluding carboxylic acids is 1. The van der Waals surface area contributed by atoms with Crippen molar-refractivity contribution in [1.29, 1.82) is 0 Å². The number of hydrogen-bond donors (Lipinski definition) is 3. The first-order chi connectivity index (χ1) is 14.1. The predicted molar refractivity (Wildman–Crippen MR) is 116 cm³/mol. The van der Waals surface area contributed by atoms with Gasteiger partial charge < -0.3 is 25.7 Å². The van der Waals surface area contributed by atoms with Crippen molar-refractivity contribution in [2.24, 2.45) is 5.73 Å². The second-order valence-corrected chi connectivity index (χ2v) is 7.98. The third kappa shape index (κ3) is 4.12. The van der Waals surface area contributed by atoms with Gasteiger partial charge in [-0.15, -0.1) is 0 Å². The number of methoxy groups -OCH3 is 1. The van der Waals surface area contributed by atoms with Crippen LogP contribution in [0, 0.1) is 0 Å². The van der Waals surface area contributed by atoms with Crippen molar-refractivity contribution in [3.05, 3.63) is 46.5 Å². The first kappa shape index (κ1) is 19.8. The van der Waals surface area contributed by atoms with Gasteiger partial charge in [0.2, 0.25) is 0 Å². The zero-order chi connectivity index (χ0) is 20.4. The second kappa shape index (κ2) is 8.48. The summed E-state index contributed by atoms with van der Waals surface area (Å²) in [5.74, 6) is -0.287. The molecule has 4 N–H and O–H groups in total. The van der Waals surface area contributed by atoms with E-state index >= 15 is 0 Å². The number of hydrogen-bond acceptors (Lipinski definition) is 6. The molecule has 3 aromatic heterocycles. The molecule has 1 amide bonds. The number of nitrogens with one attached hydrogen (secondary N) is 2. The Labute approximate surface area is 177 Å². The lowest BCUT2D eigenvalue weighted by atomic mass is 10.1. The average Bonchev–Trinajstić information content (AvgIpc) is 3.11. The van der Waals surface area contributed by atoms with Crippen LogP contribution in [0.15, 0.2) is 35.1 Å². The summed E-state index contributed by atoms with van der Waals surface area (Å²) < 4.78 is 5.97. The smallest absolute Gasteiger partial charge is 0.274 e. The van der Waals surface area contributed by atoms with Crippen molar-refractivity contribution in [1.82, 2.24) is 15.0 Å². The summed E-state index contributed by atoms with van der Waals surface area (Å²) >= 11 is 3.63. The maximum Gasteiger partial charge on any atom is 0.274 e. The summed E-state index contributed by atoms with van der Waals surface area (Å²) in [6, 6.07) is 5.43. The fourth-order valence-corrected chi connectivity index (χ4v) is 4.25. The van der Waals surface area contributed by atoms with Crippen molar-refractivity contribution in [2.75, 3.05) is 30.4 Å². The van der Waals surface area contributed by atoms with Crippen LogP contribution in [0.3, 0.4) is 0 Å². The molecule has 4 heterocycles. The lowest BCUT2D eigenvalue weighted by Gasteiger charge is -2.33. The number of piperidine rings is 1. The van der Waals surface area contributed by atoms with E-state index in [1.807, 2.05) is 6.07 Å². The van der Waals surface area contributed by atoms with Gasteiger partial charge in [-0.25, -0.2) is 9.97 Å². The summed E-state index contributed by atoms with van der Waals surface area (Å²) in [5.41, 5.74) is 9.58. The number of amides is 1. The van der Waals surface area contributed by atoms with Gasteiger partial charge in [0, 0.05) is 38.6 Å². The first-order valence-corrected chi connectivity index (χ1v) is 10.3. The molecule has 0 aromatic carbocycles. The number of halogens is 1. The maximum absolute atomic E-state index is 12.8. The van der Waals surface area contributed by atoms with Gasteiger partial charge in [-0.1, -0.05) is 6.07 Å². The summed E-state index contributed by atoms with van der Waals surface area (Å²) in [4.78, 5) is 27.1. The van der Waals surface area contributed by atoms with E-state index in [4.69, 9.17) is 10.5 Å². The third-order valence-electron chi connectivity index (χ3n) is 4.98. The van der Waals surface area contributed by atoms with E-state index in [1.165, 1.54) is 0 Å². The third-order valence-corrected chi connectivity index (χ3v) is 5.56. The van der Waals surface area contributed by atoms with E-state index in [-0.39, 0.29) is 11.9 Å². The molecule has 1 saturated heterocycles. The number of pyridine rings is 2. The summed E-state index contributed by atoms with van der Waals surface area (Å²) in [5, 5.41) is 3.83. The SMILES string of the molecule is COCc1cccc(C(=O)Nc2c[nH]c3ncc(Br)c(N4CCC[C@@H](N)C4)c23)n1. The standard InChI is InChI=1S/C20H23BrN6O2/c1-29-11-13-5-2-6-15(25-13)20(28)26-16-9-24-19-17(16)18(14(21)8-23-19)27-7-3-4-12(22)10-27/h2,5-6,8-9,12H,3-4,7,10-11,22H2,1H3,(H,23,24)(H,26,28)/t12-/m1/s1. The van der Waals surface area contributed by atoms with Crippen LogP contribution in [0.25, 0.3) is 11.0 Å². The Morgan fingerprint density at radius 1 is 1.48 bits per heavy atom. The van der Waals surface area contributed by atoms with E-state index in [9.17, 15) is 4.79 Å². The molecule has 0 spiro atoms. The quantitative estimate of drug-likeness (QED) is 0.541. The Hall–Kier alpha value is -2.49. The number of fused-ring (bicyclic) bond motifs is 1. The molecular formula is C20H23BrN6O2. The highest BCUT2D eigenvalue weighted by Gasteiger charge is 2.24.